The maximum atomic E-state index is 12.6. The largest absolute Gasteiger partial charge is 0.466 e. The molecule has 0 aromatic carbocycles. The minimum Gasteiger partial charge on any atom is -0.466 e. The summed E-state index contributed by atoms with van der Waals surface area (Å²) in [6, 6.07) is 1.42. The Balaban J connectivity index is 3.09. The Labute approximate surface area is 110 Å². The molecule has 0 amide bonds. The fourth-order valence-electron chi connectivity index (χ4n) is 1.24. The molecule has 0 spiro atoms. The van der Waals surface area contributed by atoms with Crippen LogP contribution in [0.1, 0.15) is 18.2 Å². The van der Waals surface area contributed by atoms with Gasteiger partial charge in [-0.1, -0.05) is 0 Å². The van der Waals surface area contributed by atoms with Gasteiger partial charge in [0.05, 0.1) is 13.0 Å². The van der Waals surface area contributed by atoms with Gasteiger partial charge < -0.3 is 4.74 Å². The molecule has 7 heteroatoms. The average Bonchev–Trinajstić information content (AvgIpc) is 2.19. The van der Waals surface area contributed by atoms with E-state index in [1.807, 2.05) is 0 Å². The highest BCUT2D eigenvalue weighted by Gasteiger charge is 2.36. The highest BCUT2D eigenvalue weighted by atomic mass is 127. The summed E-state index contributed by atoms with van der Waals surface area (Å²) < 4.78 is 42.9. The maximum Gasteiger partial charge on any atom is 0.433 e. The zero-order valence-corrected chi connectivity index (χ0v) is 11.0. The molecule has 1 aromatic rings. The molecular formula is C10H9F3INO2. The molecule has 1 heterocycles. The van der Waals surface area contributed by atoms with Crippen LogP contribution in [0.3, 0.4) is 0 Å². The highest BCUT2D eigenvalue weighted by Crippen LogP contribution is 2.32. The molecule has 0 atom stereocenters. The lowest BCUT2D eigenvalue weighted by molar-refractivity contribution is -0.144. The van der Waals surface area contributed by atoms with E-state index >= 15 is 0 Å². The van der Waals surface area contributed by atoms with Crippen LogP contribution in [0.2, 0.25) is 0 Å². The molecule has 1 rings (SSSR count). The van der Waals surface area contributed by atoms with Crippen LogP contribution in [0, 0.1) is 3.57 Å². The van der Waals surface area contributed by atoms with Gasteiger partial charge in [0.25, 0.3) is 0 Å². The molecule has 17 heavy (non-hydrogen) atoms. The number of carbonyl (C=O) groups excluding carboxylic acids is 1. The zero-order valence-electron chi connectivity index (χ0n) is 8.84. The predicted octanol–water partition coefficient (Wildman–Crippen LogP) is 2.81. The summed E-state index contributed by atoms with van der Waals surface area (Å²) in [4.78, 5) is 14.5. The Kier molecular flexibility index (Phi) is 4.72. The number of pyridine rings is 1. The number of aromatic nitrogens is 1. The summed E-state index contributed by atoms with van der Waals surface area (Å²) in [5.41, 5.74) is -1.17. The van der Waals surface area contributed by atoms with Crippen molar-refractivity contribution < 1.29 is 22.7 Å². The van der Waals surface area contributed by atoms with E-state index in [2.05, 4.69) is 9.72 Å². The number of rotatable bonds is 3. The van der Waals surface area contributed by atoms with E-state index in [0.717, 1.165) is 6.20 Å². The zero-order chi connectivity index (χ0) is 13.1. The van der Waals surface area contributed by atoms with Crippen molar-refractivity contribution in [2.75, 3.05) is 6.61 Å². The molecule has 0 aliphatic heterocycles. The van der Waals surface area contributed by atoms with Crippen LogP contribution in [-0.4, -0.2) is 17.6 Å². The fraction of sp³-hybridized carbons (Fsp3) is 0.400. The molecule has 0 radical (unpaired) electrons. The van der Waals surface area contributed by atoms with E-state index in [4.69, 9.17) is 0 Å². The van der Waals surface area contributed by atoms with Gasteiger partial charge in [-0.05, 0) is 35.6 Å². The third-order valence-electron chi connectivity index (χ3n) is 1.89. The van der Waals surface area contributed by atoms with Gasteiger partial charge in [-0.15, -0.1) is 0 Å². The quantitative estimate of drug-likeness (QED) is 0.616. The normalized spacial score (nSPS) is 11.4. The molecule has 0 aliphatic rings. The van der Waals surface area contributed by atoms with Crippen molar-refractivity contribution in [3.05, 3.63) is 27.1 Å². The topological polar surface area (TPSA) is 39.2 Å². The van der Waals surface area contributed by atoms with Gasteiger partial charge in [0.2, 0.25) is 0 Å². The fourth-order valence-corrected chi connectivity index (χ4v) is 1.84. The van der Waals surface area contributed by atoms with Gasteiger partial charge in [0, 0.05) is 15.3 Å². The minimum absolute atomic E-state index is 0.136. The Hall–Kier alpha value is -0.860. The predicted molar refractivity (Wildman–Crippen MR) is 62.3 cm³/mol. The van der Waals surface area contributed by atoms with E-state index in [9.17, 15) is 18.0 Å². The second-order valence-corrected chi connectivity index (χ2v) is 4.26. The van der Waals surface area contributed by atoms with Crippen molar-refractivity contribution in [2.24, 2.45) is 0 Å². The molecule has 3 nitrogen and oxygen atoms in total. The van der Waals surface area contributed by atoms with Crippen LogP contribution >= 0.6 is 22.6 Å². The highest BCUT2D eigenvalue weighted by molar-refractivity contribution is 14.1. The Morgan fingerprint density at radius 3 is 2.71 bits per heavy atom. The van der Waals surface area contributed by atoms with Gasteiger partial charge in [-0.3, -0.25) is 9.78 Å². The minimum atomic E-state index is -4.57. The lowest BCUT2D eigenvalue weighted by Gasteiger charge is -2.12. The average molecular weight is 359 g/mol. The summed E-state index contributed by atoms with van der Waals surface area (Å²) in [5.74, 6) is -0.691. The van der Waals surface area contributed by atoms with Crippen LogP contribution in [0.5, 0.6) is 0 Å². The summed E-state index contributed by atoms with van der Waals surface area (Å²) in [7, 11) is 0. The van der Waals surface area contributed by atoms with Gasteiger partial charge >= 0.3 is 12.1 Å². The van der Waals surface area contributed by atoms with Crippen molar-refractivity contribution in [3.8, 4) is 0 Å². The third kappa shape index (κ3) is 3.83. The first-order valence-electron chi connectivity index (χ1n) is 4.72. The van der Waals surface area contributed by atoms with Crippen LogP contribution < -0.4 is 0 Å². The summed E-state index contributed by atoms with van der Waals surface area (Å²) in [6.45, 7) is 1.73. The van der Waals surface area contributed by atoms with Gasteiger partial charge in [-0.25, -0.2) is 0 Å². The third-order valence-corrected chi connectivity index (χ3v) is 2.90. The van der Waals surface area contributed by atoms with E-state index in [0.29, 0.717) is 3.57 Å². The second kappa shape index (κ2) is 5.65. The number of hydrogen-bond acceptors (Lipinski definition) is 3. The van der Waals surface area contributed by atoms with Crippen molar-refractivity contribution in [1.82, 2.24) is 4.98 Å². The second-order valence-electron chi connectivity index (χ2n) is 3.10. The van der Waals surface area contributed by atoms with E-state index < -0.39 is 24.3 Å². The molecule has 1 aromatic heterocycles. The van der Waals surface area contributed by atoms with Crippen LogP contribution in [0.15, 0.2) is 12.3 Å². The lowest BCUT2D eigenvalue weighted by atomic mass is 10.1. The van der Waals surface area contributed by atoms with Gasteiger partial charge in [0.15, 0.2) is 0 Å². The molecule has 94 valence electrons. The van der Waals surface area contributed by atoms with Crippen molar-refractivity contribution in [3.63, 3.8) is 0 Å². The van der Waals surface area contributed by atoms with Crippen molar-refractivity contribution in [1.29, 1.82) is 0 Å². The molecule has 0 unspecified atom stereocenters. The first-order chi connectivity index (χ1) is 7.86. The summed E-state index contributed by atoms with van der Waals surface area (Å²) in [5, 5.41) is 0. The number of alkyl halides is 3. The van der Waals surface area contributed by atoms with Crippen LogP contribution in [0.25, 0.3) is 0 Å². The molecule has 0 saturated heterocycles. The standard InChI is InChI=1S/C10H9F3INO2/c1-2-17-8(16)5-6-7(14)3-4-15-9(6)10(11,12)13/h3-4H,2,5H2,1H3. The van der Waals surface area contributed by atoms with Crippen molar-refractivity contribution in [2.45, 2.75) is 19.5 Å². The molecule has 0 saturated carbocycles. The molecule has 0 aliphatic carbocycles. The summed E-state index contributed by atoms with van der Waals surface area (Å²) >= 11 is 1.74. The molecule has 0 N–H and O–H groups in total. The van der Waals surface area contributed by atoms with E-state index in [1.54, 1.807) is 29.5 Å². The molecule has 0 bridgehead atoms. The number of ether oxygens (including phenoxy) is 1. The number of nitrogens with zero attached hydrogens (tertiary/aromatic N) is 1. The first kappa shape index (κ1) is 14.2. The number of halogens is 4. The number of esters is 1. The first-order valence-corrected chi connectivity index (χ1v) is 5.80. The SMILES string of the molecule is CCOC(=O)Cc1c(I)ccnc1C(F)(F)F. The van der Waals surface area contributed by atoms with Gasteiger partial charge in [0.1, 0.15) is 5.69 Å². The lowest BCUT2D eigenvalue weighted by Crippen LogP contribution is -2.17. The van der Waals surface area contributed by atoms with E-state index in [-0.39, 0.29) is 12.2 Å². The van der Waals surface area contributed by atoms with E-state index in [1.165, 1.54) is 6.07 Å². The maximum absolute atomic E-state index is 12.6. The Morgan fingerprint density at radius 2 is 2.18 bits per heavy atom. The number of hydrogen-bond donors (Lipinski definition) is 0. The van der Waals surface area contributed by atoms with Gasteiger partial charge in [-0.2, -0.15) is 13.2 Å². The molecule has 0 fully saturated rings. The Morgan fingerprint density at radius 1 is 1.53 bits per heavy atom. The summed E-state index contributed by atoms with van der Waals surface area (Å²) in [6.07, 6.45) is -3.92. The Bertz CT molecular complexity index is 421. The number of carbonyl (C=O) groups is 1. The van der Waals surface area contributed by atoms with Crippen LogP contribution in [0.4, 0.5) is 13.2 Å². The van der Waals surface area contributed by atoms with Crippen LogP contribution in [-0.2, 0) is 22.1 Å². The monoisotopic (exact) mass is 359 g/mol. The molecular weight excluding hydrogens is 350 g/mol. The smallest absolute Gasteiger partial charge is 0.433 e. The van der Waals surface area contributed by atoms with Crippen molar-refractivity contribution >= 4 is 28.6 Å².